The van der Waals surface area contributed by atoms with E-state index in [1.807, 2.05) is 59.5 Å². The molecule has 1 aliphatic rings. The lowest BCUT2D eigenvalue weighted by atomic mass is 9.98. The van der Waals surface area contributed by atoms with E-state index in [0.717, 1.165) is 17.7 Å². The first-order chi connectivity index (χ1) is 16.1. The highest BCUT2D eigenvalue weighted by Gasteiger charge is 2.30. The number of carbonyl (C=O) groups excluding carboxylic acids is 1. The number of rotatable bonds is 5. The van der Waals surface area contributed by atoms with Crippen molar-refractivity contribution in [3.63, 3.8) is 0 Å². The van der Waals surface area contributed by atoms with Crippen LogP contribution < -0.4 is 10.3 Å². The number of fused-ring (bicyclic) bond motifs is 1. The van der Waals surface area contributed by atoms with Gasteiger partial charge in [0.05, 0.1) is 19.0 Å². The number of aromatic nitrogens is 2. The third-order valence-corrected chi connectivity index (χ3v) is 6.31. The highest BCUT2D eigenvalue weighted by molar-refractivity contribution is 6.04. The summed E-state index contributed by atoms with van der Waals surface area (Å²) in [6, 6.07) is 24.9. The second kappa shape index (κ2) is 8.90. The molecule has 1 saturated heterocycles. The van der Waals surface area contributed by atoms with E-state index in [0.29, 0.717) is 36.1 Å². The van der Waals surface area contributed by atoms with Crippen LogP contribution in [0.25, 0.3) is 10.8 Å². The second-order valence-corrected chi connectivity index (χ2v) is 8.35. The minimum absolute atomic E-state index is 0.135. The number of nitrogens with zero attached hydrogens (tertiary/aromatic N) is 3. The van der Waals surface area contributed by atoms with Crippen LogP contribution in [0, 0.1) is 0 Å². The molecule has 0 bridgehead atoms. The molecule has 2 heterocycles. The van der Waals surface area contributed by atoms with Crippen molar-refractivity contribution in [3.05, 3.63) is 106 Å². The molecule has 1 fully saturated rings. The van der Waals surface area contributed by atoms with Crippen LogP contribution in [-0.4, -0.2) is 40.8 Å². The predicted molar refractivity (Wildman–Crippen MR) is 128 cm³/mol. The van der Waals surface area contributed by atoms with Crippen molar-refractivity contribution >= 4 is 16.7 Å². The van der Waals surface area contributed by atoms with Crippen molar-refractivity contribution in [2.24, 2.45) is 0 Å². The summed E-state index contributed by atoms with van der Waals surface area (Å²) in [5, 5.41) is 5.67. The van der Waals surface area contributed by atoms with Crippen molar-refractivity contribution in [1.82, 2.24) is 14.7 Å². The number of ether oxygens (including phenoxy) is 1. The van der Waals surface area contributed by atoms with E-state index in [9.17, 15) is 9.59 Å². The van der Waals surface area contributed by atoms with E-state index < -0.39 is 0 Å². The average Bonchev–Trinajstić information content (AvgIpc) is 3.36. The van der Waals surface area contributed by atoms with Gasteiger partial charge in [-0.05, 0) is 35.7 Å². The maximum atomic E-state index is 13.6. The molecule has 33 heavy (non-hydrogen) atoms. The number of likely N-dealkylation sites (tertiary alicyclic amines) is 1. The van der Waals surface area contributed by atoms with Gasteiger partial charge >= 0.3 is 0 Å². The van der Waals surface area contributed by atoms with Crippen LogP contribution >= 0.6 is 0 Å². The first kappa shape index (κ1) is 20.9. The van der Waals surface area contributed by atoms with Crippen LogP contribution in [0.2, 0.25) is 0 Å². The number of amides is 1. The van der Waals surface area contributed by atoms with E-state index >= 15 is 0 Å². The van der Waals surface area contributed by atoms with Crippen molar-refractivity contribution < 1.29 is 9.53 Å². The molecule has 3 aromatic carbocycles. The lowest BCUT2D eigenvalue weighted by Gasteiger charge is -2.18. The SMILES string of the molecule is COc1ccc(C2CCN(C(=O)c3nn(Cc4ccccc4)c(=O)c4ccccc34)C2)cc1. The second-order valence-electron chi connectivity index (χ2n) is 8.35. The van der Waals surface area contributed by atoms with Gasteiger partial charge in [0, 0.05) is 24.4 Å². The van der Waals surface area contributed by atoms with Gasteiger partial charge in [0.1, 0.15) is 5.75 Å². The molecule has 1 aliphatic heterocycles. The minimum Gasteiger partial charge on any atom is -0.497 e. The number of carbonyl (C=O) groups is 1. The van der Waals surface area contributed by atoms with E-state index in [1.54, 1.807) is 19.2 Å². The summed E-state index contributed by atoms with van der Waals surface area (Å²) in [7, 11) is 1.65. The summed E-state index contributed by atoms with van der Waals surface area (Å²) < 4.78 is 6.66. The molecule has 6 nitrogen and oxygen atoms in total. The standard InChI is InChI=1S/C27H25N3O3/c1-33-22-13-11-20(12-14-22)21-15-16-29(18-21)27(32)25-23-9-5-6-10-24(23)26(31)30(28-25)17-19-7-3-2-4-8-19/h2-14,21H,15-18H2,1H3. The van der Waals surface area contributed by atoms with Crippen LogP contribution in [0.15, 0.2) is 83.7 Å². The molecule has 0 saturated carbocycles. The molecule has 6 heteroatoms. The zero-order valence-electron chi connectivity index (χ0n) is 18.5. The van der Waals surface area contributed by atoms with Crippen molar-refractivity contribution in [3.8, 4) is 5.75 Å². The van der Waals surface area contributed by atoms with Crippen molar-refractivity contribution in [2.75, 3.05) is 20.2 Å². The molecule has 1 aromatic heterocycles. The lowest BCUT2D eigenvalue weighted by Crippen LogP contribution is -2.33. The third-order valence-electron chi connectivity index (χ3n) is 6.31. The van der Waals surface area contributed by atoms with E-state index in [-0.39, 0.29) is 17.4 Å². The monoisotopic (exact) mass is 439 g/mol. The van der Waals surface area contributed by atoms with E-state index in [1.165, 1.54) is 10.2 Å². The molecule has 0 aliphatic carbocycles. The zero-order chi connectivity index (χ0) is 22.8. The maximum Gasteiger partial charge on any atom is 0.274 e. The van der Waals surface area contributed by atoms with Gasteiger partial charge in [-0.25, -0.2) is 4.68 Å². The highest BCUT2D eigenvalue weighted by atomic mass is 16.5. The van der Waals surface area contributed by atoms with Crippen LogP contribution in [-0.2, 0) is 6.54 Å². The van der Waals surface area contributed by atoms with Gasteiger partial charge in [0.25, 0.3) is 11.5 Å². The quantitative estimate of drug-likeness (QED) is 0.470. The summed E-state index contributed by atoms with van der Waals surface area (Å²) in [4.78, 5) is 28.5. The highest BCUT2D eigenvalue weighted by Crippen LogP contribution is 2.30. The van der Waals surface area contributed by atoms with Gasteiger partial charge in [-0.2, -0.15) is 5.10 Å². The topological polar surface area (TPSA) is 64.4 Å². The fraction of sp³-hybridized carbons (Fsp3) is 0.222. The molecule has 166 valence electrons. The van der Waals surface area contributed by atoms with Crippen LogP contribution in [0.1, 0.15) is 34.0 Å². The summed E-state index contributed by atoms with van der Waals surface area (Å²) in [6.45, 7) is 1.60. The number of methoxy groups -OCH3 is 1. The van der Waals surface area contributed by atoms with Gasteiger partial charge in [0.15, 0.2) is 5.69 Å². The smallest absolute Gasteiger partial charge is 0.274 e. The fourth-order valence-corrected chi connectivity index (χ4v) is 4.50. The fourth-order valence-electron chi connectivity index (χ4n) is 4.50. The van der Waals surface area contributed by atoms with Crippen molar-refractivity contribution in [2.45, 2.75) is 18.9 Å². The first-order valence-corrected chi connectivity index (χ1v) is 11.1. The Morgan fingerprint density at radius 1 is 0.970 bits per heavy atom. The zero-order valence-corrected chi connectivity index (χ0v) is 18.5. The number of benzene rings is 3. The van der Waals surface area contributed by atoms with Gasteiger partial charge in [-0.15, -0.1) is 0 Å². The molecule has 4 aromatic rings. The molecular formula is C27H25N3O3. The first-order valence-electron chi connectivity index (χ1n) is 11.1. The molecule has 0 spiro atoms. The Bertz CT molecular complexity index is 1350. The molecule has 1 unspecified atom stereocenters. The summed E-state index contributed by atoms with van der Waals surface area (Å²) in [5.41, 5.74) is 2.29. The number of hydrogen-bond donors (Lipinski definition) is 0. The Morgan fingerprint density at radius 3 is 2.39 bits per heavy atom. The van der Waals surface area contributed by atoms with E-state index in [2.05, 4.69) is 17.2 Å². The molecule has 1 atom stereocenters. The maximum absolute atomic E-state index is 13.6. The molecular weight excluding hydrogens is 414 g/mol. The van der Waals surface area contributed by atoms with Crippen LogP contribution in [0.3, 0.4) is 0 Å². The third kappa shape index (κ3) is 4.12. The Kier molecular flexibility index (Phi) is 5.65. The summed E-state index contributed by atoms with van der Waals surface area (Å²) in [5.74, 6) is 0.950. The normalized spacial score (nSPS) is 15.7. The molecule has 0 radical (unpaired) electrons. The van der Waals surface area contributed by atoms with Gasteiger partial charge in [0.2, 0.25) is 0 Å². The minimum atomic E-state index is -0.191. The molecule has 1 amide bonds. The van der Waals surface area contributed by atoms with Gasteiger partial charge in [-0.3, -0.25) is 9.59 Å². The Balaban J connectivity index is 1.46. The Labute approximate surface area is 192 Å². The molecule has 0 N–H and O–H groups in total. The van der Waals surface area contributed by atoms with Crippen molar-refractivity contribution in [1.29, 1.82) is 0 Å². The predicted octanol–water partition coefficient (Wildman–Crippen LogP) is 4.08. The van der Waals surface area contributed by atoms with E-state index in [4.69, 9.17) is 4.74 Å². The van der Waals surface area contributed by atoms with Gasteiger partial charge in [-0.1, -0.05) is 60.7 Å². The largest absolute Gasteiger partial charge is 0.497 e. The van der Waals surface area contributed by atoms with Crippen LogP contribution in [0.4, 0.5) is 0 Å². The number of hydrogen-bond acceptors (Lipinski definition) is 4. The summed E-state index contributed by atoms with van der Waals surface area (Å²) >= 11 is 0. The lowest BCUT2D eigenvalue weighted by molar-refractivity contribution is 0.0784. The van der Waals surface area contributed by atoms with Gasteiger partial charge < -0.3 is 9.64 Å². The Morgan fingerprint density at radius 2 is 1.67 bits per heavy atom. The summed E-state index contributed by atoms with van der Waals surface area (Å²) in [6.07, 6.45) is 0.889. The van der Waals surface area contributed by atoms with Crippen LogP contribution in [0.5, 0.6) is 5.75 Å². The molecule has 5 rings (SSSR count). The Hall–Kier alpha value is -3.93. The average molecular weight is 440 g/mol.